The van der Waals surface area contributed by atoms with Crippen LogP contribution in [-0.2, 0) is 14.4 Å². The van der Waals surface area contributed by atoms with E-state index in [0.29, 0.717) is 12.8 Å². The van der Waals surface area contributed by atoms with E-state index in [0.717, 1.165) is 6.42 Å². The van der Waals surface area contributed by atoms with Crippen molar-refractivity contribution in [3.05, 3.63) is 0 Å². The summed E-state index contributed by atoms with van der Waals surface area (Å²) in [6, 6.07) is 0. The normalized spacial score (nSPS) is 29.8. The third kappa shape index (κ3) is 1.95. The quantitative estimate of drug-likeness (QED) is 0.786. The van der Waals surface area contributed by atoms with Gasteiger partial charge < -0.3 is 5.11 Å². The van der Waals surface area contributed by atoms with Crippen LogP contribution < -0.4 is 0 Å². The number of imide groups is 1. The average molecular weight is 267 g/mol. The largest absolute Gasteiger partial charge is 0.481 e. The number of likely N-dealkylation sites (tertiary alicyclic amines) is 1. The van der Waals surface area contributed by atoms with Gasteiger partial charge in [0.1, 0.15) is 0 Å². The summed E-state index contributed by atoms with van der Waals surface area (Å²) in [7, 11) is 0. The summed E-state index contributed by atoms with van der Waals surface area (Å²) in [6.45, 7) is 5.68. The van der Waals surface area contributed by atoms with E-state index < -0.39 is 16.8 Å². The maximum atomic E-state index is 12.4. The molecule has 1 unspecified atom stereocenters. The maximum absolute atomic E-state index is 12.4. The van der Waals surface area contributed by atoms with Crippen LogP contribution in [0.2, 0.25) is 0 Å². The van der Waals surface area contributed by atoms with Gasteiger partial charge in [-0.15, -0.1) is 0 Å². The van der Waals surface area contributed by atoms with Crippen molar-refractivity contribution >= 4 is 17.8 Å². The van der Waals surface area contributed by atoms with Crippen LogP contribution in [0.5, 0.6) is 0 Å². The highest BCUT2D eigenvalue weighted by atomic mass is 16.4. The molecule has 1 atom stereocenters. The van der Waals surface area contributed by atoms with E-state index in [4.69, 9.17) is 0 Å². The fourth-order valence-corrected chi connectivity index (χ4v) is 2.86. The molecule has 1 saturated heterocycles. The summed E-state index contributed by atoms with van der Waals surface area (Å²) in [6.07, 6.45) is 2.15. The van der Waals surface area contributed by atoms with E-state index in [1.54, 1.807) is 6.92 Å². The minimum absolute atomic E-state index is 0.0440. The molecule has 0 aromatic rings. The Bertz CT molecular complexity index is 439. The first-order valence-corrected chi connectivity index (χ1v) is 6.81. The number of aliphatic carboxylic acids is 1. The highest BCUT2D eigenvalue weighted by Gasteiger charge is 2.54. The number of carbonyl (C=O) groups is 3. The lowest BCUT2D eigenvalue weighted by atomic mass is 9.68. The van der Waals surface area contributed by atoms with Gasteiger partial charge in [-0.2, -0.15) is 0 Å². The molecule has 5 nitrogen and oxygen atoms in total. The summed E-state index contributed by atoms with van der Waals surface area (Å²) < 4.78 is 0. The molecule has 1 N–H and O–H groups in total. The molecule has 2 rings (SSSR count). The number of carbonyl (C=O) groups excluding carboxylic acids is 2. The van der Waals surface area contributed by atoms with Crippen LogP contribution in [0.1, 0.15) is 46.5 Å². The number of amides is 2. The van der Waals surface area contributed by atoms with Gasteiger partial charge in [0.15, 0.2) is 0 Å². The first-order valence-electron chi connectivity index (χ1n) is 6.81. The van der Waals surface area contributed by atoms with Crippen LogP contribution in [0.4, 0.5) is 0 Å². The number of carboxylic acid groups (broad SMARTS) is 1. The zero-order valence-corrected chi connectivity index (χ0v) is 11.7. The van der Waals surface area contributed by atoms with E-state index in [-0.39, 0.29) is 30.7 Å². The number of hydrogen-bond donors (Lipinski definition) is 1. The fourth-order valence-electron chi connectivity index (χ4n) is 2.86. The molecule has 1 aliphatic heterocycles. The Morgan fingerprint density at radius 2 is 1.95 bits per heavy atom. The summed E-state index contributed by atoms with van der Waals surface area (Å²) in [5.41, 5.74) is -1.58. The minimum atomic E-state index is -0.895. The molecule has 0 aromatic heterocycles. The third-order valence-corrected chi connectivity index (χ3v) is 5.05. The molecule has 5 heteroatoms. The van der Waals surface area contributed by atoms with Gasteiger partial charge in [-0.1, -0.05) is 20.3 Å². The van der Waals surface area contributed by atoms with Crippen molar-refractivity contribution in [1.82, 2.24) is 4.90 Å². The second kappa shape index (κ2) is 4.32. The van der Waals surface area contributed by atoms with Crippen molar-refractivity contribution in [2.24, 2.45) is 16.7 Å². The Morgan fingerprint density at radius 3 is 2.26 bits per heavy atom. The smallest absolute Gasteiger partial charge is 0.311 e. The molecule has 2 amide bonds. The lowest BCUT2D eigenvalue weighted by Gasteiger charge is -2.40. The molecule has 2 aliphatic rings. The highest BCUT2D eigenvalue weighted by Crippen LogP contribution is 2.45. The molecule has 106 valence electrons. The monoisotopic (exact) mass is 267 g/mol. The summed E-state index contributed by atoms with van der Waals surface area (Å²) >= 11 is 0. The fraction of sp³-hybridized carbons (Fsp3) is 0.786. The zero-order valence-electron chi connectivity index (χ0n) is 11.7. The minimum Gasteiger partial charge on any atom is -0.481 e. The second-order valence-electron chi connectivity index (χ2n) is 6.47. The molecule has 0 bridgehead atoms. The van der Waals surface area contributed by atoms with Gasteiger partial charge >= 0.3 is 5.97 Å². The average Bonchev–Trinajstić information content (AvgIpc) is 2.46. The topological polar surface area (TPSA) is 74.7 Å². The van der Waals surface area contributed by atoms with E-state index in [1.807, 2.05) is 13.8 Å². The molecule has 1 saturated carbocycles. The number of hydrogen-bond acceptors (Lipinski definition) is 3. The van der Waals surface area contributed by atoms with E-state index in [9.17, 15) is 19.5 Å². The zero-order chi connectivity index (χ0) is 14.4. The van der Waals surface area contributed by atoms with Crippen molar-refractivity contribution in [2.45, 2.75) is 46.5 Å². The SMILES string of the molecule is CC(C)C1(C)CC(=O)N(CC2(C(=O)O)CCC2)C1=O. The first kappa shape index (κ1) is 14.0. The van der Waals surface area contributed by atoms with Crippen LogP contribution in [0.3, 0.4) is 0 Å². The molecule has 2 fully saturated rings. The number of carboxylic acids is 1. The second-order valence-corrected chi connectivity index (χ2v) is 6.47. The van der Waals surface area contributed by atoms with Crippen LogP contribution in [0.15, 0.2) is 0 Å². The molecule has 0 radical (unpaired) electrons. The van der Waals surface area contributed by atoms with Gasteiger partial charge in [0.2, 0.25) is 11.8 Å². The number of nitrogens with zero attached hydrogens (tertiary/aromatic N) is 1. The van der Waals surface area contributed by atoms with E-state index >= 15 is 0 Å². The molecule has 0 spiro atoms. The molecule has 1 heterocycles. The molecule has 0 aromatic carbocycles. The number of rotatable bonds is 4. The Hall–Kier alpha value is -1.39. The van der Waals surface area contributed by atoms with E-state index in [2.05, 4.69) is 0 Å². The van der Waals surface area contributed by atoms with E-state index in [1.165, 1.54) is 4.90 Å². The van der Waals surface area contributed by atoms with Crippen molar-refractivity contribution in [3.63, 3.8) is 0 Å². The Morgan fingerprint density at radius 1 is 1.37 bits per heavy atom. The summed E-state index contributed by atoms with van der Waals surface area (Å²) in [4.78, 5) is 37.0. The van der Waals surface area contributed by atoms with Gasteiger partial charge in [0.05, 0.1) is 10.8 Å². The van der Waals surface area contributed by atoms with Crippen LogP contribution >= 0.6 is 0 Å². The lowest BCUT2D eigenvalue weighted by molar-refractivity contribution is -0.159. The Balaban J connectivity index is 2.20. The van der Waals surface area contributed by atoms with Gasteiger partial charge in [0.25, 0.3) is 0 Å². The van der Waals surface area contributed by atoms with Crippen molar-refractivity contribution in [2.75, 3.05) is 6.54 Å². The molecule has 1 aliphatic carbocycles. The van der Waals surface area contributed by atoms with Gasteiger partial charge in [-0.25, -0.2) is 0 Å². The predicted octanol–water partition coefficient (Wildman–Crippen LogP) is 1.66. The van der Waals surface area contributed by atoms with Crippen molar-refractivity contribution in [1.29, 1.82) is 0 Å². The molecule has 19 heavy (non-hydrogen) atoms. The van der Waals surface area contributed by atoms with Crippen LogP contribution in [0.25, 0.3) is 0 Å². The maximum Gasteiger partial charge on any atom is 0.311 e. The van der Waals surface area contributed by atoms with Gasteiger partial charge in [0, 0.05) is 13.0 Å². The Labute approximate surface area is 113 Å². The summed E-state index contributed by atoms with van der Waals surface area (Å²) in [5.74, 6) is -1.26. The summed E-state index contributed by atoms with van der Waals surface area (Å²) in [5, 5.41) is 9.31. The van der Waals surface area contributed by atoms with Crippen molar-refractivity contribution < 1.29 is 19.5 Å². The highest BCUT2D eigenvalue weighted by molar-refractivity contribution is 6.06. The van der Waals surface area contributed by atoms with Gasteiger partial charge in [-0.05, 0) is 25.7 Å². The van der Waals surface area contributed by atoms with Crippen molar-refractivity contribution in [3.8, 4) is 0 Å². The molecular weight excluding hydrogens is 246 g/mol. The molecular formula is C14H21NO4. The third-order valence-electron chi connectivity index (χ3n) is 5.05. The standard InChI is InChI=1S/C14H21NO4/c1-9(2)13(3)7-10(16)15(11(13)17)8-14(12(18)19)5-4-6-14/h9H,4-8H2,1-3H3,(H,18,19). The lowest BCUT2D eigenvalue weighted by Crippen LogP contribution is -2.50. The van der Waals surface area contributed by atoms with Gasteiger partial charge in [-0.3, -0.25) is 19.3 Å². The van der Waals surface area contributed by atoms with Crippen LogP contribution in [-0.4, -0.2) is 34.3 Å². The Kier molecular flexibility index (Phi) is 3.19. The van der Waals surface area contributed by atoms with Crippen LogP contribution in [0, 0.1) is 16.7 Å². The first-order chi connectivity index (χ1) is 8.73. The predicted molar refractivity (Wildman–Crippen MR) is 68.2 cm³/mol.